The average Bonchev–Trinajstić information content (AvgIpc) is 3.39. The average molecular weight is 699 g/mol. The fourth-order valence-electron chi connectivity index (χ4n) is 7.51. The number of aromatic nitrogens is 1. The number of nitrogens with one attached hydrogen (secondary N) is 1. The highest BCUT2D eigenvalue weighted by molar-refractivity contribution is 7.93. The van der Waals surface area contributed by atoms with E-state index < -0.39 is 27.5 Å². The van der Waals surface area contributed by atoms with Gasteiger partial charge in [0, 0.05) is 54.9 Å². The molecule has 0 aliphatic carbocycles. The second-order valence-corrected chi connectivity index (χ2v) is 14.7. The zero-order chi connectivity index (χ0) is 35.0. The number of anilines is 1. The molecule has 1 atom stereocenters. The number of likely N-dealkylation sites (tertiary alicyclic amines) is 1. The smallest absolute Gasteiger partial charge is 0.318 e. The van der Waals surface area contributed by atoms with Crippen molar-refractivity contribution in [2.24, 2.45) is 0 Å². The number of pyridine rings is 1. The van der Waals surface area contributed by atoms with Crippen molar-refractivity contribution in [3.8, 4) is 11.5 Å². The molecule has 2 fully saturated rings. The number of sulfonamides is 1. The van der Waals surface area contributed by atoms with E-state index in [-0.39, 0.29) is 28.3 Å². The molecule has 0 saturated carbocycles. The molecule has 4 heterocycles. The third kappa shape index (κ3) is 5.72. The molecule has 0 spiro atoms. The number of hydrogen-bond acceptors (Lipinski definition) is 9. The van der Waals surface area contributed by atoms with Crippen LogP contribution in [0.25, 0.3) is 10.9 Å². The molecular weight excluding hydrogens is 657 g/mol. The van der Waals surface area contributed by atoms with Crippen LogP contribution in [-0.4, -0.2) is 106 Å². The van der Waals surface area contributed by atoms with Gasteiger partial charge in [0.25, 0.3) is 15.9 Å². The van der Waals surface area contributed by atoms with E-state index >= 15 is 4.79 Å². The third-order valence-corrected chi connectivity index (χ3v) is 11.9. The van der Waals surface area contributed by atoms with Crippen LogP contribution >= 0.6 is 0 Å². The fraction of sp³-hybridized carbons (Fsp3) is 0.378. The number of ether oxygens (including phenoxy) is 2. The van der Waals surface area contributed by atoms with Gasteiger partial charge in [-0.2, -0.15) is 4.31 Å². The van der Waals surface area contributed by atoms with E-state index in [1.54, 1.807) is 71.6 Å². The highest BCUT2D eigenvalue weighted by Crippen LogP contribution is 2.50. The maximum Gasteiger partial charge on any atom is 0.318 e. The van der Waals surface area contributed by atoms with Crippen LogP contribution in [-0.2, 0) is 20.4 Å². The van der Waals surface area contributed by atoms with Crippen molar-refractivity contribution >= 4 is 38.6 Å². The number of carbonyl (C=O) groups is 2. The molecule has 50 heavy (non-hydrogen) atoms. The van der Waals surface area contributed by atoms with Crippen LogP contribution in [0.5, 0.6) is 11.5 Å². The molecule has 3 aliphatic heterocycles. The van der Waals surface area contributed by atoms with Crippen LogP contribution in [0.2, 0.25) is 0 Å². The molecule has 7 rings (SSSR count). The van der Waals surface area contributed by atoms with Crippen molar-refractivity contribution in [3.63, 3.8) is 0 Å². The minimum Gasteiger partial charge on any atom is -0.497 e. The number of piperazine rings is 1. The molecule has 4 aromatic rings. The second kappa shape index (κ2) is 13.5. The number of amides is 3. The number of methoxy groups -OCH3 is 1. The number of piperidine rings is 1. The molecule has 1 N–H and O–H groups in total. The van der Waals surface area contributed by atoms with Crippen molar-refractivity contribution in [1.29, 1.82) is 0 Å². The minimum absolute atomic E-state index is 0.0995. The molecule has 0 bridgehead atoms. The van der Waals surface area contributed by atoms with Crippen molar-refractivity contribution in [1.82, 2.24) is 25.0 Å². The van der Waals surface area contributed by atoms with Gasteiger partial charge in [0.1, 0.15) is 16.4 Å². The maximum atomic E-state index is 15.3. The summed E-state index contributed by atoms with van der Waals surface area (Å²) in [4.78, 5) is 40.4. The van der Waals surface area contributed by atoms with E-state index in [1.807, 2.05) is 6.92 Å². The number of benzene rings is 3. The Bertz CT molecular complexity index is 2020. The molecule has 12 nitrogen and oxygen atoms in total. The Kier molecular flexibility index (Phi) is 9.14. The zero-order valence-electron chi connectivity index (χ0n) is 28.5. The first-order valence-corrected chi connectivity index (χ1v) is 18.5. The first kappa shape index (κ1) is 33.8. The highest BCUT2D eigenvalue weighted by atomic mass is 32.2. The summed E-state index contributed by atoms with van der Waals surface area (Å²) in [5.41, 5.74) is -1.08. The molecule has 2 saturated heterocycles. The van der Waals surface area contributed by atoms with E-state index in [4.69, 9.17) is 9.47 Å². The summed E-state index contributed by atoms with van der Waals surface area (Å²) in [5, 5.41) is 3.69. The number of nitrogens with zero attached hydrogens (tertiary/aromatic N) is 5. The summed E-state index contributed by atoms with van der Waals surface area (Å²) in [5.74, 6) is -0.128. The minimum atomic E-state index is -4.57. The topological polar surface area (TPSA) is 125 Å². The van der Waals surface area contributed by atoms with Gasteiger partial charge in [0.05, 0.1) is 24.9 Å². The Balaban J connectivity index is 1.33. The first-order chi connectivity index (χ1) is 24.2. The Morgan fingerprint density at radius 3 is 2.42 bits per heavy atom. The standard InChI is InChI=1S/C37H42N6O6S/c1-4-49-32-12-6-5-11-29(32)37(39-36(45)42-23-21-41(22-24-42)27-16-19-40(2)20-17-27)30-25-28(48-3)14-15-31(30)43(35(37)44)50(46,47)33-13-7-9-26-10-8-18-38-34(26)33/h5-15,18,25,27H,4,16-17,19-24H2,1-3H3,(H,39,45). The van der Waals surface area contributed by atoms with Crippen LogP contribution in [0.3, 0.4) is 0 Å². The van der Waals surface area contributed by atoms with Crippen LogP contribution in [0.4, 0.5) is 10.5 Å². The van der Waals surface area contributed by atoms with Crippen molar-refractivity contribution in [2.45, 2.75) is 36.2 Å². The van der Waals surface area contributed by atoms with Crippen LogP contribution in [0, 0.1) is 0 Å². The van der Waals surface area contributed by atoms with E-state index in [0.29, 0.717) is 54.7 Å². The lowest BCUT2D eigenvalue weighted by Gasteiger charge is -2.43. The predicted octanol–water partition coefficient (Wildman–Crippen LogP) is 4.04. The molecule has 3 amide bonds. The molecule has 262 valence electrons. The molecule has 3 aromatic carbocycles. The van der Waals surface area contributed by atoms with Gasteiger partial charge in [0.15, 0.2) is 5.54 Å². The molecule has 13 heteroatoms. The molecule has 3 aliphatic rings. The van der Waals surface area contributed by atoms with Crippen LogP contribution < -0.4 is 19.1 Å². The Labute approximate surface area is 292 Å². The van der Waals surface area contributed by atoms with Crippen LogP contribution in [0.15, 0.2) is 83.9 Å². The Morgan fingerprint density at radius 1 is 0.940 bits per heavy atom. The Morgan fingerprint density at radius 2 is 1.68 bits per heavy atom. The zero-order valence-corrected chi connectivity index (χ0v) is 29.4. The number of urea groups is 1. The number of carbonyl (C=O) groups excluding carboxylic acids is 2. The van der Waals surface area contributed by atoms with Crippen molar-refractivity contribution < 1.29 is 27.5 Å². The van der Waals surface area contributed by atoms with E-state index in [9.17, 15) is 13.2 Å². The molecule has 1 aromatic heterocycles. The first-order valence-electron chi connectivity index (χ1n) is 17.0. The third-order valence-electron chi connectivity index (χ3n) is 10.1. The van der Waals surface area contributed by atoms with Crippen LogP contribution in [0.1, 0.15) is 30.9 Å². The summed E-state index contributed by atoms with van der Waals surface area (Å²) in [6.45, 7) is 6.54. The number of rotatable bonds is 8. The maximum absolute atomic E-state index is 15.3. The highest BCUT2D eigenvalue weighted by Gasteiger charge is 2.59. The van der Waals surface area contributed by atoms with Gasteiger partial charge in [0.2, 0.25) is 0 Å². The van der Waals surface area contributed by atoms with Gasteiger partial charge in [-0.15, -0.1) is 0 Å². The summed E-state index contributed by atoms with van der Waals surface area (Å²) >= 11 is 0. The lowest BCUT2D eigenvalue weighted by atomic mass is 9.83. The summed E-state index contributed by atoms with van der Waals surface area (Å²) in [6.07, 6.45) is 3.69. The predicted molar refractivity (Wildman–Crippen MR) is 190 cm³/mol. The second-order valence-electron chi connectivity index (χ2n) is 13.0. The Hall–Kier alpha value is -4.72. The molecule has 1 unspecified atom stereocenters. The number of hydrogen-bond donors (Lipinski definition) is 1. The normalized spacial score (nSPS) is 20.6. The summed E-state index contributed by atoms with van der Waals surface area (Å²) < 4.78 is 42.0. The molecular formula is C37H42N6O6S. The molecule has 0 radical (unpaired) electrons. The number of fused-ring (bicyclic) bond motifs is 2. The monoisotopic (exact) mass is 698 g/mol. The fourth-order valence-corrected chi connectivity index (χ4v) is 9.15. The summed E-state index contributed by atoms with van der Waals surface area (Å²) in [6, 6.07) is 20.0. The van der Waals surface area contributed by atoms with Gasteiger partial charge in [-0.1, -0.05) is 36.4 Å². The summed E-state index contributed by atoms with van der Waals surface area (Å²) in [7, 11) is -0.938. The van der Waals surface area contributed by atoms with Gasteiger partial charge in [-0.3, -0.25) is 14.7 Å². The SMILES string of the molecule is CCOc1ccccc1C1(NC(=O)N2CCN(C3CCN(C)CC3)CC2)C(=O)N(S(=O)(=O)c2cccc3cccnc23)c2ccc(OC)cc21. The van der Waals surface area contributed by atoms with Gasteiger partial charge in [-0.25, -0.2) is 13.2 Å². The van der Waals surface area contributed by atoms with E-state index in [0.717, 1.165) is 30.2 Å². The van der Waals surface area contributed by atoms with Gasteiger partial charge < -0.3 is 24.6 Å². The quantitative estimate of drug-likeness (QED) is 0.290. The van der Waals surface area contributed by atoms with E-state index in [1.165, 1.54) is 19.4 Å². The van der Waals surface area contributed by atoms with Gasteiger partial charge in [-0.05, 0) is 76.3 Å². The van der Waals surface area contributed by atoms with Gasteiger partial charge >= 0.3 is 6.03 Å². The largest absolute Gasteiger partial charge is 0.497 e. The van der Waals surface area contributed by atoms with Crippen molar-refractivity contribution in [2.75, 3.05) is 64.3 Å². The van der Waals surface area contributed by atoms with E-state index in [2.05, 4.69) is 27.1 Å². The number of para-hydroxylation sites is 2. The van der Waals surface area contributed by atoms with Crippen molar-refractivity contribution in [3.05, 3.63) is 90.1 Å². The lowest BCUT2D eigenvalue weighted by molar-refractivity contribution is -0.121. The lowest BCUT2D eigenvalue weighted by Crippen LogP contribution is -2.61.